The van der Waals surface area contributed by atoms with Gasteiger partial charge < -0.3 is 24.7 Å². The van der Waals surface area contributed by atoms with Crippen LogP contribution in [0, 0.1) is 11.3 Å². The van der Waals surface area contributed by atoms with Crippen LogP contribution in [0.5, 0.6) is 17.4 Å². The van der Waals surface area contributed by atoms with Gasteiger partial charge in [0.2, 0.25) is 17.7 Å². The first-order valence-corrected chi connectivity index (χ1v) is 11.4. The van der Waals surface area contributed by atoms with Crippen molar-refractivity contribution in [2.45, 2.75) is 12.3 Å². The fraction of sp³-hybridized carbons (Fsp3) is 0.231. The van der Waals surface area contributed by atoms with Crippen LogP contribution in [0.4, 0.5) is 5.69 Å². The standard InChI is InChI=1S/C26H23N5O6/c1-4-36-18-10-9-14(11-19(18)34-2)22-21-24(30-29-22)37-23(28)16(12-27)26(21)15-7-5-6-8-17(15)31(25(26)33)13-20(32)35-3/h5-11H,4,13,28H2,1-3H3,(H,29,30)/t26-/m0/s1. The lowest BCUT2D eigenvalue weighted by atomic mass is 9.68. The van der Waals surface area contributed by atoms with Crippen molar-refractivity contribution in [3.05, 3.63) is 65.0 Å². The molecule has 0 unspecified atom stereocenters. The maximum absolute atomic E-state index is 14.3. The number of carbonyl (C=O) groups excluding carboxylic acids is 2. The number of anilines is 1. The normalized spacial score (nSPS) is 17.7. The zero-order valence-electron chi connectivity index (χ0n) is 20.3. The van der Waals surface area contributed by atoms with E-state index in [2.05, 4.69) is 16.3 Å². The minimum atomic E-state index is -1.72. The van der Waals surface area contributed by atoms with Crippen LogP contribution in [0.15, 0.2) is 53.9 Å². The number of nitriles is 1. The molecule has 3 heterocycles. The Morgan fingerprint density at radius 1 is 1.24 bits per heavy atom. The highest BCUT2D eigenvalue weighted by Gasteiger charge is 2.61. The van der Waals surface area contributed by atoms with Gasteiger partial charge in [0.25, 0.3) is 0 Å². The molecule has 0 radical (unpaired) electrons. The number of methoxy groups -OCH3 is 2. The number of amides is 1. The molecule has 0 bridgehead atoms. The first kappa shape index (κ1) is 23.7. The molecule has 188 valence electrons. The molecular formula is C26H23N5O6. The lowest BCUT2D eigenvalue weighted by molar-refractivity contribution is -0.140. The predicted octanol–water partition coefficient (Wildman–Crippen LogP) is 2.38. The van der Waals surface area contributed by atoms with E-state index in [-0.39, 0.29) is 23.9 Å². The van der Waals surface area contributed by atoms with Crippen LogP contribution >= 0.6 is 0 Å². The van der Waals surface area contributed by atoms with Crippen molar-refractivity contribution in [3.8, 4) is 34.7 Å². The number of esters is 1. The summed E-state index contributed by atoms with van der Waals surface area (Å²) < 4.78 is 21.7. The number of H-pyrrole nitrogens is 1. The summed E-state index contributed by atoms with van der Waals surface area (Å²) in [7, 11) is 2.76. The number of aromatic nitrogens is 2. The van der Waals surface area contributed by atoms with Gasteiger partial charge in [-0.05, 0) is 31.2 Å². The summed E-state index contributed by atoms with van der Waals surface area (Å²) >= 11 is 0. The molecule has 1 amide bonds. The van der Waals surface area contributed by atoms with Crippen LogP contribution in [0.1, 0.15) is 18.1 Å². The lowest BCUT2D eigenvalue weighted by Gasteiger charge is -2.32. The number of hydrogen-bond donors (Lipinski definition) is 2. The average molecular weight is 501 g/mol. The van der Waals surface area contributed by atoms with E-state index in [4.69, 9.17) is 24.7 Å². The van der Waals surface area contributed by atoms with Gasteiger partial charge in [0.1, 0.15) is 23.6 Å². The molecule has 3 aromatic rings. The number of nitrogens with two attached hydrogens (primary N) is 1. The van der Waals surface area contributed by atoms with E-state index >= 15 is 0 Å². The van der Waals surface area contributed by atoms with Crippen LogP contribution in [0.25, 0.3) is 11.3 Å². The minimum absolute atomic E-state index is 0.0439. The van der Waals surface area contributed by atoms with Gasteiger partial charge in [-0.3, -0.25) is 19.6 Å². The fourth-order valence-electron chi connectivity index (χ4n) is 4.94. The molecule has 0 saturated heterocycles. The predicted molar refractivity (Wildman–Crippen MR) is 131 cm³/mol. The number of nitrogens with zero attached hydrogens (tertiary/aromatic N) is 3. The van der Waals surface area contributed by atoms with Crippen molar-refractivity contribution in [2.24, 2.45) is 5.73 Å². The maximum atomic E-state index is 14.3. The Kier molecular flexibility index (Phi) is 5.72. The van der Waals surface area contributed by atoms with Gasteiger partial charge in [0, 0.05) is 16.8 Å². The number of benzene rings is 2. The molecule has 37 heavy (non-hydrogen) atoms. The number of nitrogens with one attached hydrogen (secondary N) is 1. The Morgan fingerprint density at radius 2 is 2.03 bits per heavy atom. The van der Waals surface area contributed by atoms with Crippen LogP contribution in [-0.2, 0) is 19.7 Å². The molecule has 1 aromatic heterocycles. The van der Waals surface area contributed by atoms with E-state index in [1.54, 1.807) is 42.5 Å². The molecular weight excluding hydrogens is 478 g/mol. The number of ether oxygens (including phenoxy) is 4. The number of hydrogen-bond acceptors (Lipinski definition) is 9. The second-order valence-electron chi connectivity index (χ2n) is 8.27. The van der Waals surface area contributed by atoms with E-state index in [1.807, 2.05) is 6.92 Å². The molecule has 2 aliphatic rings. The van der Waals surface area contributed by atoms with Crippen LogP contribution in [0.3, 0.4) is 0 Å². The second-order valence-corrected chi connectivity index (χ2v) is 8.27. The third kappa shape index (κ3) is 3.30. The minimum Gasteiger partial charge on any atom is -0.493 e. The molecule has 2 aliphatic heterocycles. The van der Waals surface area contributed by atoms with E-state index < -0.39 is 17.3 Å². The van der Waals surface area contributed by atoms with E-state index in [1.165, 1.54) is 19.1 Å². The molecule has 11 heteroatoms. The smallest absolute Gasteiger partial charge is 0.325 e. The second kappa shape index (κ2) is 8.91. The topological polar surface area (TPSA) is 153 Å². The molecule has 11 nitrogen and oxygen atoms in total. The van der Waals surface area contributed by atoms with Crippen molar-refractivity contribution in [1.29, 1.82) is 5.26 Å². The van der Waals surface area contributed by atoms with Crippen molar-refractivity contribution in [3.63, 3.8) is 0 Å². The summed E-state index contributed by atoms with van der Waals surface area (Å²) in [4.78, 5) is 27.9. The third-order valence-electron chi connectivity index (χ3n) is 6.48. The Balaban J connectivity index is 1.80. The van der Waals surface area contributed by atoms with Crippen molar-refractivity contribution < 1.29 is 28.5 Å². The molecule has 0 aliphatic carbocycles. The molecule has 1 atom stereocenters. The van der Waals surface area contributed by atoms with Crippen LogP contribution in [0.2, 0.25) is 0 Å². The molecule has 2 aromatic carbocycles. The first-order chi connectivity index (χ1) is 17.9. The SMILES string of the molecule is CCOc1ccc(-c2[nH]nc3c2[C@@]2(C(=O)N(CC(=O)OC)c4ccccc42)C(C#N)=C(N)O3)cc1OC. The summed E-state index contributed by atoms with van der Waals surface area (Å²) in [6, 6.07) is 14.2. The van der Waals surface area contributed by atoms with E-state index in [0.717, 1.165) is 0 Å². The zero-order chi connectivity index (χ0) is 26.3. The first-order valence-electron chi connectivity index (χ1n) is 11.4. The lowest BCUT2D eigenvalue weighted by Crippen LogP contribution is -2.47. The summed E-state index contributed by atoms with van der Waals surface area (Å²) in [6.45, 7) is 1.96. The Bertz CT molecular complexity index is 1500. The Labute approximate surface area is 212 Å². The molecule has 5 rings (SSSR count). The van der Waals surface area contributed by atoms with Crippen LogP contribution < -0.4 is 24.8 Å². The number of para-hydroxylation sites is 1. The number of carbonyl (C=O) groups is 2. The highest BCUT2D eigenvalue weighted by atomic mass is 16.5. The van der Waals surface area contributed by atoms with Gasteiger partial charge in [-0.2, -0.15) is 5.26 Å². The van der Waals surface area contributed by atoms with E-state index in [9.17, 15) is 14.9 Å². The number of aromatic amines is 1. The molecule has 0 saturated carbocycles. The van der Waals surface area contributed by atoms with Crippen molar-refractivity contribution >= 4 is 17.6 Å². The monoisotopic (exact) mass is 501 g/mol. The quantitative estimate of drug-likeness (QED) is 0.485. The summed E-state index contributed by atoms with van der Waals surface area (Å²) in [5.41, 5.74) is 6.59. The van der Waals surface area contributed by atoms with E-state index in [0.29, 0.717) is 46.2 Å². The van der Waals surface area contributed by atoms with Gasteiger partial charge in [-0.1, -0.05) is 18.2 Å². The number of fused-ring (bicyclic) bond motifs is 4. The summed E-state index contributed by atoms with van der Waals surface area (Å²) in [5.74, 6) is -0.367. The zero-order valence-corrected chi connectivity index (χ0v) is 20.3. The Morgan fingerprint density at radius 3 is 2.73 bits per heavy atom. The van der Waals surface area contributed by atoms with Gasteiger partial charge in [0.15, 0.2) is 11.5 Å². The van der Waals surface area contributed by atoms with Crippen LogP contribution in [-0.4, -0.2) is 49.4 Å². The third-order valence-corrected chi connectivity index (χ3v) is 6.48. The Hall–Kier alpha value is -4.98. The number of rotatable bonds is 6. The average Bonchev–Trinajstić information content (AvgIpc) is 3.43. The van der Waals surface area contributed by atoms with Gasteiger partial charge in [-0.25, -0.2) is 0 Å². The van der Waals surface area contributed by atoms with Gasteiger partial charge in [0.05, 0.1) is 32.1 Å². The molecule has 1 spiro atoms. The van der Waals surface area contributed by atoms with Crippen molar-refractivity contribution in [1.82, 2.24) is 10.2 Å². The van der Waals surface area contributed by atoms with Crippen molar-refractivity contribution in [2.75, 3.05) is 32.3 Å². The highest BCUT2D eigenvalue weighted by Crippen LogP contribution is 2.57. The van der Waals surface area contributed by atoms with Gasteiger partial charge >= 0.3 is 5.97 Å². The maximum Gasteiger partial charge on any atom is 0.325 e. The largest absolute Gasteiger partial charge is 0.493 e. The molecule has 3 N–H and O–H groups in total. The fourth-order valence-corrected chi connectivity index (χ4v) is 4.94. The summed E-state index contributed by atoms with van der Waals surface area (Å²) in [6.07, 6.45) is 0. The highest BCUT2D eigenvalue weighted by molar-refractivity contribution is 6.16. The summed E-state index contributed by atoms with van der Waals surface area (Å²) in [5, 5.41) is 17.5. The molecule has 0 fully saturated rings. The van der Waals surface area contributed by atoms with Gasteiger partial charge in [-0.15, -0.1) is 5.10 Å².